The molecule has 0 atom stereocenters. The average Bonchev–Trinajstić information content (AvgIpc) is 2.44. The molecule has 2 aromatic rings. The molecule has 0 amide bonds. The Morgan fingerprint density at radius 3 is 2.70 bits per heavy atom. The molecule has 7 heteroatoms. The molecule has 0 saturated heterocycles. The molecule has 1 N–H and O–H groups in total. The molecule has 0 aliphatic heterocycles. The van der Waals surface area contributed by atoms with Gasteiger partial charge in [0.15, 0.2) is 0 Å². The van der Waals surface area contributed by atoms with Gasteiger partial charge in [-0.25, -0.2) is 14.3 Å². The van der Waals surface area contributed by atoms with Crippen molar-refractivity contribution in [3.8, 4) is 11.6 Å². The van der Waals surface area contributed by atoms with E-state index in [1.807, 2.05) is 6.92 Å². The van der Waals surface area contributed by atoms with Crippen molar-refractivity contribution in [3.05, 3.63) is 49.9 Å². The smallest absolute Gasteiger partial charge is 0.334 e. The number of hydrogen-bond acceptors (Lipinski definition) is 4. The zero-order valence-electron chi connectivity index (χ0n) is 11.1. The van der Waals surface area contributed by atoms with Crippen LogP contribution in [0.3, 0.4) is 0 Å². The Bertz CT molecular complexity index is 719. The van der Waals surface area contributed by atoms with Crippen molar-refractivity contribution in [1.29, 1.82) is 0 Å². The summed E-state index contributed by atoms with van der Waals surface area (Å²) in [5.74, 6) is 0.404. The summed E-state index contributed by atoms with van der Waals surface area (Å²) in [6.45, 7) is 1.93. The van der Waals surface area contributed by atoms with Crippen LogP contribution in [-0.2, 0) is 6.42 Å². The molecule has 0 unspecified atom stereocenters. The van der Waals surface area contributed by atoms with Gasteiger partial charge in [-0.1, -0.05) is 24.9 Å². The van der Waals surface area contributed by atoms with Gasteiger partial charge < -0.3 is 4.74 Å². The number of nitrogens with zero attached hydrogens (tertiary/aromatic N) is 2. The molecule has 2 aromatic heterocycles. The first-order valence-corrected chi connectivity index (χ1v) is 6.50. The molecular formula is C13H14ClN3O3. The molecule has 0 bridgehead atoms. The van der Waals surface area contributed by atoms with Gasteiger partial charge in [0.2, 0.25) is 5.88 Å². The molecular weight excluding hydrogens is 282 g/mol. The van der Waals surface area contributed by atoms with Crippen LogP contribution in [0.1, 0.15) is 18.9 Å². The lowest BCUT2D eigenvalue weighted by atomic mass is 10.2. The molecule has 2 rings (SSSR count). The van der Waals surface area contributed by atoms with E-state index in [2.05, 4.69) is 9.97 Å². The highest BCUT2D eigenvalue weighted by Gasteiger charge is 2.13. The standard InChI is InChI=1S/C13H14ClN3O3/c1-3-4-9-11(14)16-13(19)17(12(9)18)8-5-6-10(20-2)15-7-8/h5-7H,3-4H2,1-2H3,(H,16,19). The van der Waals surface area contributed by atoms with Crippen LogP contribution in [0.4, 0.5) is 0 Å². The number of rotatable bonds is 4. The summed E-state index contributed by atoms with van der Waals surface area (Å²) in [5, 5.41) is 0.0968. The third-order valence-corrected chi connectivity index (χ3v) is 3.16. The highest BCUT2D eigenvalue weighted by Crippen LogP contribution is 2.11. The number of halogens is 1. The van der Waals surface area contributed by atoms with E-state index < -0.39 is 11.2 Å². The van der Waals surface area contributed by atoms with Crippen LogP contribution in [-0.4, -0.2) is 21.6 Å². The van der Waals surface area contributed by atoms with Gasteiger partial charge in [-0.05, 0) is 12.5 Å². The van der Waals surface area contributed by atoms with Gasteiger partial charge in [0.05, 0.1) is 24.6 Å². The van der Waals surface area contributed by atoms with Crippen molar-refractivity contribution in [1.82, 2.24) is 14.5 Å². The summed E-state index contributed by atoms with van der Waals surface area (Å²) < 4.78 is 5.96. The number of ether oxygens (including phenoxy) is 1. The van der Waals surface area contributed by atoms with Crippen LogP contribution >= 0.6 is 11.6 Å². The molecule has 0 aliphatic rings. The quantitative estimate of drug-likeness (QED) is 0.868. The SMILES string of the molecule is CCCc1c(Cl)[nH]c(=O)n(-c2ccc(OC)nc2)c1=O. The van der Waals surface area contributed by atoms with Crippen molar-refractivity contribution in [2.24, 2.45) is 0 Å². The summed E-state index contributed by atoms with van der Waals surface area (Å²) in [6.07, 6.45) is 2.65. The number of pyridine rings is 1. The van der Waals surface area contributed by atoms with Crippen LogP contribution in [0, 0.1) is 0 Å². The van der Waals surface area contributed by atoms with E-state index in [1.54, 1.807) is 12.1 Å². The molecule has 106 valence electrons. The van der Waals surface area contributed by atoms with Gasteiger partial charge in [-0.2, -0.15) is 0 Å². The number of hydrogen-bond donors (Lipinski definition) is 1. The van der Waals surface area contributed by atoms with E-state index in [4.69, 9.17) is 16.3 Å². The number of aromatic amines is 1. The van der Waals surface area contributed by atoms with Crippen LogP contribution in [0.2, 0.25) is 5.15 Å². The second kappa shape index (κ2) is 5.92. The minimum atomic E-state index is -0.591. The molecule has 0 saturated carbocycles. The Kier molecular flexibility index (Phi) is 4.24. The Morgan fingerprint density at radius 1 is 1.40 bits per heavy atom. The molecule has 0 aliphatic carbocycles. The highest BCUT2D eigenvalue weighted by molar-refractivity contribution is 6.30. The monoisotopic (exact) mass is 295 g/mol. The minimum absolute atomic E-state index is 0.0968. The van der Waals surface area contributed by atoms with E-state index in [-0.39, 0.29) is 5.15 Å². The summed E-state index contributed by atoms with van der Waals surface area (Å²) >= 11 is 5.92. The summed E-state index contributed by atoms with van der Waals surface area (Å²) in [6, 6.07) is 3.17. The molecule has 0 fully saturated rings. The van der Waals surface area contributed by atoms with E-state index in [0.29, 0.717) is 23.6 Å². The Labute approximate surface area is 120 Å². The van der Waals surface area contributed by atoms with Gasteiger partial charge in [0, 0.05) is 6.07 Å². The minimum Gasteiger partial charge on any atom is -0.481 e. The summed E-state index contributed by atoms with van der Waals surface area (Å²) in [4.78, 5) is 30.8. The van der Waals surface area contributed by atoms with E-state index >= 15 is 0 Å². The highest BCUT2D eigenvalue weighted by atomic mass is 35.5. The predicted molar refractivity (Wildman–Crippen MR) is 76.0 cm³/mol. The largest absolute Gasteiger partial charge is 0.481 e. The van der Waals surface area contributed by atoms with Crippen molar-refractivity contribution in [2.45, 2.75) is 19.8 Å². The maximum absolute atomic E-state index is 12.4. The summed E-state index contributed by atoms with van der Waals surface area (Å²) in [7, 11) is 1.49. The fourth-order valence-corrected chi connectivity index (χ4v) is 2.13. The number of aromatic nitrogens is 3. The number of methoxy groups -OCH3 is 1. The average molecular weight is 296 g/mol. The van der Waals surface area contributed by atoms with Gasteiger partial charge in [0.1, 0.15) is 5.15 Å². The van der Waals surface area contributed by atoms with Crippen LogP contribution in [0.25, 0.3) is 5.69 Å². The van der Waals surface area contributed by atoms with Crippen LogP contribution < -0.4 is 16.0 Å². The maximum Gasteiger partial charge on any atom is 0.334 e. The molecule has 2 heterocycles. The second-order valence-corrected chi connectivity index (χ2v) is 4.55. The molecule has 0 spiro atoms. The van der Waals surface area contributed by atoms with E-state index in [0.717, 1.165) is 11.0 Å². The Balaban J connectivity index is 2.64. The van der Waals surface area contributed by atoms with Gasteiger partial charge in [-0.3, -0.25) is 9.78 Å². The van der Waals surface area contributed by atoms with E-state index in [1.165, 1.54) is 13.3 Å². The fraction of sp³-hybridized carbons (Fsp3) is 0.308. The third kappa shape index (κ3) is 2.60. The normalized spacial score (nSPS) is 10.6. The lowest BCUT2D eigenvalue weighted by Gasteiger charge is -2.08. The predicted octanol–water partition coefficient (Wildman–Crippen LogP) is 1.54. The van der Waals surface area contributed by atoms with Crippen LogP contribution in [0.5, 0.6) is 5.88 Å². The molecule has 0 radical (unpaired) electrons. The summed E-state index contributed by atoms with van der Waals surface area (Å²) in [5.41, 5.74) is -0.255. The maximum atomic E-state index is 12.4. The van der Waals surface area contributed by atoms with Gasteiger partial charge in [0.25, 0.3) is 5.56 Å². The lowest BCUT2D eigenvalue weighted by molar-refractivity contribution is 0.397. The first-order chi connectivity index (χ1) is 9.58. The Morgan fingerprint density at radius 2 is 2.15 bits per heavy atom. The zero-order valence-corrected chi connectivity index (χ0v) is 11.9. The number of H-pyrrole nitrogens is 1. The first kappa shape index (κ1) is 14.3. The van der Waals surface area contributed by atoms with Crippen LogP contribution in [0.15, 0.2) is 27.9 Å². The van der Waals surface area contributed by atoms with Gasteiger partial charge >= 0.3 is 5.69 Å². The first-order valence-electron chi connectivity index (χ1n) is 6.12. The number of nitrogens with one attached hydrogen (secondary N) is 1. The molecule has 6 nitrogen and oxygen atoms in total. The Hall–Kier alpha value is -2.08. The second-order valence-electron chi connectivity index (χ2n) is 4.17. The van der Waals surface area contributed by atoms with Crippen molar-refractivity contribution < 1.29 is 4.74 Å². The fourth-order valence-electron chi connectivity index (χ4n) is 1.87. The van der Waals surface area contributed by atoms with Crippen molar-refractivity contribution in [2.75, 3.05) is 7.11 Å². The lowest BCUT2D eigenvalue weighted by Crippen LogP contribution is -2.36. The van der Waals surface area contributed by atoms with E-state index in [9.17, 15) is 9.59 Å². The van der Waals surface area contributed by atoms with Gasteiger partial charge in [-0.15, -0.1) is 0 Å². The topological polar surface area (TPSA) is 77.0 Å². The third-order valence-electron chi connectivity index (χ3n) is 2.83. The zero-order chi connectivity index (χ0) is 14.7. The van der Waals surface area contributed by atoms with Crippen molar-refractivity contribution in [3.63, 3.8) is 0 Å². The molecule has 0 aromatic carbocycles. The molecule has 20 heavy (non-hydrogen) atoms. The van der Waals surface area contributed by atoms with Crippen molar-refractivity contribution >= 4 is 11.6 Å².